The Labute approximate surface area is 172 Å². The summed E-state index contributed by atoms with van der Waals surface area (Å²) in [5.41, 5.74) is 3.80. The molecule has 1 aliphatic heterocycles. The molecule has 2 aliphatic rings. The predicted molar refractivity (Wildman–Crippen MR) is 111 cm³/mol. The van der Waals surface area contributed by atoms with E-state index in [1.54, 1.807) is 23.9 Å². The Kier molecular flexibility index (Phi) is 4.46. The van der Waals surface area contributed by atoms with Crippen molar-refractivity contribution >= 4 is 29.4 Å². The number of carbonyl (C=O) groups excluding carboxylic acids is 2. The number of ether oxygens (including phenoxy) is 1. The highest BCUT2D eigenvalue weighted by molar-refractivity contribution is 6.15. The molecule has 2 amide bonds. The van der Waals surface area contributed by atoms with Crippen molar-refractivity contribution < 1.29 is 14.3 Å². The molecule has 5 rings (SSSR count). The van der Waals surface area contributed by atoms with Crippen LogP contribution in [-0.2, 0) is 16.0 Å². The van der Waals surface area contributed by atoms with Gasteiger partial charge in [-0.05, 0) is 36.6 Å². The second-order valence-electron chi connectivity index (χ2n) is 7.64. The van der Waals surface area contributed by atoms with Crippen molar-refractivity contribution in [3.05, 3.63) is 58.9 Å². The van der Waals surface area contributed by atoms with Gasteiger partial charge in [-0.1, -0.05) is 12.1 Å². The minimum Gasteiger partial charge on any atom is -0.497 e. The van der Waals surface area contributed by atoms with Crippen LogP contribution in [0.2, 0.25) is 0 Å². The molecule has 0 spiro atoms. The van der Waals surface area contributed by atoms with Gasteiger partial charge in [-0.3, -0.25) is 14.9 Å². The van der Waals surface area contributed by atoms with E-state index in [1.807, 2.05) is 30.3 Å². The minimum atomic E-state index is -0.356. The topological polar surface area (TPSA) is 97.6 Å². The molecule has 2 aromatic heterocycles. The molecule has 0 unspecified atom stereocenters. The third kappa shape index (κ3) is 3.63. The number of anilines is 1. The number of methoxy groups -OCH3 is 1. The van der Waals surface area contributed by atoms with Gasteiger partial charge < -0.3 is 10.1 Å². The van der Waals surface area contributed by atoms with Crippen LogP contribution in [0.1, 0.15) is 36.1 Å². The fourth-order valence-corrected chi connectivity index (χ4v) is 3.52. The van der Waals surface area contributed by atoms with Gasteiger partial charge in [0.2, 0.25) is 5.91 Å². The zero-order chi connectivity index (χ0) is 20.7. The lowest BCUT2D eigenvalue weighted by Gasteiger charge is -2.10. The van der Waals surface area contributed by atoms with E-state index in [1.165, 1.54) is 0 Å². The van der Waals surface area contributed by atoms with Crippen molar-refractivity contribution in [1.29, 1.82) is 0 Å². The molecule has 1 saturated heterocycles. The fraction of sp³-hybridized carbons (Fsp3) is 0.273. The number of amides is 2. The second kappa shape index (κ2) is 7.29. The molecule has 30 heavy (non-hydrogen) atoms. The first-order valence-corrected chi connectivity index (χ1v) is 9.91. The summed E-state index contributed by atoms with van der Waals surface area (Å²) < 4.78 is 6.99. The summed E-state index contributed by atoms with van der Waals surface area (Å²) in [5, 5.41) is 10.3. The molecule has 0 radical (unpaired) electrons. The van der Waals surface area contributed by atoms with E-state index in [2.05, 4.69) is 15.7 Å². The molecule has 0 atom stereocenters. The maximum atomic E-state index is 12.0. The van der Waals surface area contributed by atoms with Crippen LogP contribution >= 0.6 is 0 Å². The Morgan fingerprint density at radius 3 is 2.73 bits per heavy atom. The molecule has 1 aromatic carbocycles. The third-order valence-electron chi connectivity index (χ3n) is 5.25. The highest BCUT2D eigenvalue weighted by Gasteiger charge is 2.25. The van der Waals surface area contributed by atoms with E-state index in [-0.39, 0.29) is 18.2 Å². The number of hydrogen-bond donors (Lipinski definition) is 2. The van der Waals surface area contributed by atoms with E-state index < -0.39 is 0 Å². The summed E-state index contributed by atoms with van der Waals surface area (Å²) in [4.78, 5) is 28.3. The number of imide groups is 1. The highest BCUT2D eigenvalue weighted by Crippen LogP contribution is 2.27. The van der Waals surface area contributed by atoms with Gasteiger partial charge in [0.05, 0.1) is 25.4 Å². The lowest BCUT2D eigenvalue weighted by molar-refractivity contribution is -0.124. The molecule has 8 heteroatoms. The molecular weight excluding hydrogens is 382 g/mol. The van der Waals surface area contributed by atoms with Crippen LogP contribution in [0.3, 0.4) is 0 Å². The maximum Gasteiger partial charge on any atom is 0.254 e. The van der Waals surface area contributed by atoms with Gasteiger partial charge in [0.15, 0.2) is 5.65 Å². The van der Waals surface area contributed by atoms with E-state index >= 15 is 0 Å². The summed E-state index contributed by atoms with van der Waals surface area (Å²) in [6, 6.07) is 10.4. The van der Waals surface area contributed by atoms with Crippen molar-refractivity contribution in [2.45, 2.75) is 31.7 Å². The molecule has 1 aliphatic carbocycles. The summed E-state index contributed by atoms with van der Waals surface area (Å²) in [6.45, 7) is 0. The molecule has 152 valence electrons. The standard InChI is InChI=1S/C22H21N5O3/c1-30-18-6-2-13(3-7-18)8-17-11-19(24-16-4-5-16)27-21(25-17)15(12-23-27)9-14-10-20(28)26-22(14)29/h2-3,6-7,9,11-12,16,24H,4-5,8,10H2,1H3,(H,26,28,29)/b14-9+. The number of nitrogens with one attached hydrogen (secondary N) is 2. The number of nitrogens with zero attached hydrogens (tertiary/aromatic N) is 3. The molecule has 2 fully saturated rings. The SMILES string of the molecule is COc1ccc(Cc2cc(NC3CC3)n3ncc(/C=C4\CC(=O)NC4=O)c3n2)cc1. The zero-order valence-electron chi connectivity index (χ0n) is 16.5. The van der Waals surface area contributed by atoms with E-state index in [9.17, 15) is 9.59 Å². The van der Waals surface area contributed by atoms with Crippen LogP contribution in [0.25, 0.3) is 11.7 Å². The summed E-state index contributed by atoms with van der Waals surface area (Å²) in [6.07, 6.45) is 6.39. The van der Waals surface area contributed by atoms with Crippen molar-refractivity contribution in [2.75, 3.05) is 12.4 Å². The van der Waals surface area contributed by atoms with Gasteiger partial charge in [0.25, 0.3) is 5.91 Å². The average Bonchev–Trinajstić information content (AvgIpc) is 3.37. The van der Waals surface area contributed by atoms with E-state index in [0.29, 0.717) is 29.2 Å². The van der Waals surface area contributed by atoms with Crippen LogP contribution in [0.15, 0.2) is 42.1 Å². The largest absolute Gasteiger partial charge is 0.497 e. The van der Waals surface area contributed by atoms with Crippen molar-refractivity contribution in [2.24, 2.45) is 0 Å². The third-order valence-corrected chi connectivity index (χ3v) is 5.25. The fourth-order valence-electron chi connectivity index (χ4n) is 3.52. The molecule has 3 aromatic rings. The Morgan fingerprint density at radius 1 is 1.27 bits per heavy atom. The Hall–Kier alpha value is -3.68. The highest BCUT2D eigenvalue weighted by atomic mass is 16.5. The summed E-state index contributed by atoms with van der Waals surface area (Å²) in [5.74, 6) is 1.05. The number of benzene rings is 1. The first-order valence-electron chi connectivity index (χ1n) is 9.91. The lowest BCUT2D eigenvalue weighted by Crippen LogP contribution is -2.19. The van der Waals surface area contributed by atoms with Crippen LogP contribution in [0.4, 0.5) is 5.82 Å². The quantitative estimate of drug-likeness (QED) is 0.484. The van der Waals surface area contributed by atoms with Gasteiger partial charge in [-0.25, -0.2) is 4.98 Å². The van der Waals surface area contributed by atoms with Gasteiger partial charge in [0, 0.05) is 29.7 Å². The van der Waals surface area contributed by atoms with Gasteiger partial charge in [-0.2, -0.15) is 9.61 Å². The second-order valence-corrected chi connectivity index (χ2v) is 7.64. The molecular formula is C22H21N5O3. The predicted octanol–water partition coefficient (Wildman–Crippen LogP) is 2.33. The smallest absolute Gasteiger partial charge is 0.254 e. The first kappa shape index (κ1) is 18.4. The number of hydrogen-bond acceptors (Lipinski definition) is 6. The Balaban J connectivity index is 1.54. The minimum absolute atomic E-state index is 0.0783. The molecule has 2 N–H and O–H groups in total. The summed E-state index contributed by atoms with van der Waals surface area (Å²) in [7, 11) is 1.65. The van der Waals surface area contributed by atoms with Crippen LogP contribution in [0, 0.1) is 0 Å². The number of rotatable bonds is 6. The normalized spacial score (nSPS) is 17.6. The number of carbonyl (C=O) groups is 2. The van der Waals surface area contributed by atoms with Gasteiger partial charge in [-0.15, -0.1) is 0 Å². The molecule has 0 bridgehead atoms. The van der Waals surface area contributed by atoms with Crippen LogP contribution in [-0.4, -0.2) is 39.6 Å². The number of fused-ring (bicyclic) bond motifs is 1. The van der Waals surface area contributed by atoms with E-state index in [0.717, 1.165) is 35.7 Å². The maximum absolute atomic E-state index is 12.0. The Bertz CT molecular complexity index is 1180. The molecule has 1 saturated carbocycles. The molecule has 8 nitrogen and oxygen atoms in total. The van der Waals surface area contributed by atoms with Crippen LogP contribution < -0.4 is 15.4 Å². The Morgan fingerprint density at radius 2 is 2.07 bits per heavy atom. The average molecular weight is 403 g/mol. The van der Waals surface area contributed by atoms with Crippen molar-refractivity contribution in [3.63, 3.8) is 0 Å². The number of aromatic nitrogens is 3. The van der Waals surface area contributed by atoms with Crippen molar-refractivity contribution in [1.82, 2.24) is 19.9 Å². The van der Waals surface area contributed by atoms with Gasteiger partial charge >= 0.3 is 0 Å². The summed E-state index contributed by atoms with van der Waals surface area (Å²) >= 11 is 0. The van der Waals surface area contributed by atoms with Gasteiger partial charge in [0.1, 0.15) is 11.6 Å². The monoisotopic (exact) mass is 403 g/mol. The first-order chi connectivity index (χ1) is 14.6. The van der Waals surface area contributed by atoms with Crippen molar-refractivity contribution in [3.8, 4) is 5.75 Å². The lowest BCUT2D eigenvalue weighted by atomic mass is 10.1. The van der Waals surface area contributed by atoms with Crippen LogP contribution in [0.5, 0.6) is 5.75 Å². The molecule has 3 heterocycles. The van der Waals surface area contributed by atoms with E-state index in [4.69, 9.17) is 9.72 Å². The zero-order valence-corrected chi connectivity index (χ0v) is 16.5.